The van der Waals surface area contributed by atoms with Crippen molar-refractivity contribution in [2.75, 3.05) is 6.61 Å². The van der Waals surface area contributed by atoms with Crippen LogP contribution >= 0.6 is 11.8 Å². The molecule has 0 saturated heterocycles. The SMILES string of the molecule is Cc1c(OCC(F)(F)F)ccnc1CSc1nc2ccccc2n1C(C)OC(=O)C(C)(C)C. The molecule has 0 fully saturated rings. The molecule has 0 saturated carbocycles. The van der Waals surface area contributed by atoms with Gasteiger partial charge in [0.1, 0.15) is 5.75 Å². The number of hydrogen-bond donors (Lipinski definition) is 0. The molecule has 0 spiro atoms. The summed E-state index contributed by atoms with van der Waals surface area (Å²) < 4.78 is 50.1. The van der Waals surface area contributed by atoms with Crippen LogP contribution < -0.4 is 4.74 Å². The second-order valence-corrected chi connectivity index (χ2v) is 9.52. The van der Waals surface area contributed by atoms with Gasteiger partial charge in [0.05, 0.1) is 22.1 Å². The Labute approximate surface area is 194 Å². The molecule has 0 aliphatic rings. The summed E-state index contributed by atoms with van der Waals surface area (Å²) in [6.45, 7) is 7.43. The number of hydrogen-bond acceptors (Lipinski definition) is 6. The largest absolute Gasteiger partial charge is 0.484 e. The van der Waals surface area contributed by atoms with Crippen LogP contribution in [-0.4, -0.2) is 33.3 Å². The molecule has 0 radical (unpaired) electrons. The topological polar surface area (TPSA) is 66.2 Å². The summed E-state index contributed by atoms with van der Waals surface area (Å²) in [6, 6.07) is 8.91. The van der Waals surface area contributed by atoms with Crippen molar-refractivity contribution < 1.29 is 27.4 Å². The van der Waals surface area contributed by atoms with Crippen molar-refractivity contribution in [1.29, 1.82) is 0 Å². The van der Waals surface area contributed by atoms with Crippen LogP contribution in [0.4, 0.5) is 13.2 Å². The number of imidazole rings is 1. The van der Waals surface area contributed by atoms with E-state index in [1.165, 1.54) is 24.0 Å². The van der Waals surface area contributed by atoms with Gasteiger partial charge in [0.25, 0.3) is 0 Å². The van der Waals surface area contributed by atoms with E-state index in [4.69, 9.17) is 9.47 Å². The Bertz CT molecular complexity index is 1140. The van der Waals surface area contributed by atoms with E-state index in [2.05, 4.69) is 9.97 Å². The molecule has 3 rings (SSSR count). The van der Waals surface area contributed by atoms with Gasteiger partial charge in [-0.05, 0) is 52.8 Å². The average Bonchev–Trinajstić information content (AvgIpc) is 3.09. The highest BCUT2D eigenvalue weighted by molar-refractivity contribution is 7.98. The van der Waals surface area contributed by atoms with E-state index in [1.807, 2.05) is 28.8 Å². The predicted octanol–water partition coefficient (Wildman–Crippen LogP) is 6.08. The summed E-state index contributed by atoms with van der Waals surface area (Å²) in [7, 11) is 0. The van der Waals surface area contributed by atoms with E-state index in [0.717, 1.165) is 11.0 Å². The van der Waals surface area contributed by atoms with Gasteiger partial charge in [0, 0.05) is 17.5 Å². The van der Waals surface area contributed by atoms with Crippen molar-refractivity contribution in [2.45, 2.75) is 57.9 Å². The second-order valence-electron chi connectivity index (χ2n) is 8.58. The normalized spacial score (nSPS) is 13.2. The Morgan fingerprint density at radius 1 is 1.18 bits per heavy atom. The van der Waals surface area contributed by atoms with Gasteiger partial charge >= 0.3 is 12.1 Å². The third kappa shape index (κ3) is 6.19. The van der Waals surface area contributed by atoms with Crippen molar-refractivity contribution >= 4 is 28.8 Å². The number of alkyl halides is 3. The van der Waals surface area contributed by atoms with Crippen molar-refractivity contribution in [2.24, 2.45) is 5.41 Å². The molecule has 0 aliphatic heterocycles. The van der Waals surface area contributed by atoms with Crippen LogP contribution in [0.1, 0.15) is 45.2 Å². The highest BCUT2D eigenvalue weighted by Gasteiger charge is 2.29. The van der Waals surface area contributed by atoms with Crippen molar-refractivity contribution in [3.05, 3.63) is 47.8 Å². The molecule has 1 unspecified atom stereocenters. The first-order valence-corrected chi connectivity index (χ1v) is 11.3. The smallest absolute Gasteiger partial charge is 0.422 e. The molecule has 33 heavy (non-hydrogen) atoms. The van der Waals surface area contributed by atoms with E-state index in [1.54, 1.807) is 34.6 Å². The lowest BCUT2D eigenvalue weighted by molar-refractivity contribution is -0.162. The molecule has 10 heteroatoms. The van der Waals surface area contributed by atoms with E-state index >= 15 is 0 Å². The zero-order valence-electron chi connectivity index (χ0n) is 19.1. The third-order valence-corrected chi connectivity index (χ3v) is 5.77. The van der Waals surface area contributed by atoms with Crippen LogP contribution in [0.15, 0.2) is 41.7 Å². The molecule has 0 aliphatic carbocycles. The van der Waals surface area contributed by atoms with E-state index in [9.17, 15) is 18.0 Å². The van der Waals surface area contributed by atoms with Gasteiger partial charge in [-0.1, -0.05) is 23.9 Å². The zero-order valence-corrected chi connectivity index (χ0v) is 19.9. The van der Waals surface area contributed by atoms with Crippen molar-refractivity contribution in [3.8, 4) is 5.75 Å². The molecule has 2 aromatic heterocycles. The van der Waals surface area contributed by atoms with Crippen LogP contribution in [0.3, 0.4) is 0 Å². The van der Waals surface area contributed by atoms with Gasteiger partial charge in [0.2, 0.25) is 0 Å². The summed E-state index contributed by atoms with van der Waals surface area (Å²) >= 11 is 1.36. The fourth-order valence-corrected chi connectivity index (χ4v) is 4.12. The molecule has 0 N–H and O–H groups in total. The maximum absolute atomic E-state index is 12.5. The fourth-order valence-electron chi connectivity index (χ4n) is 3.01. The molecule has 3 aromatic rings. The maximum atomic E-state index is 12.5. The number of carbonyl (C=O) groups is 1. The Kier molecular flexibility index (Phi) is 7.26. The summed E-state index contributed by atoms with van der Waals surface area (Å²) in [4.78, 5) is 21.4. The predicted molar refractivity (Wildman–Crippen MR) is 120 cm³/mol. The van der Waals surface area contributed by atoms with Crippen LogP contribution in [0, 0.1) is 12.3 Å². The molecule has 1 aromatic carbocycles. The van der Waals surface area contributed by atoms with Crippen LogP contribution in [0.5, 0.6) is 5.75 Å². The standard InChI is InChI=1S/C23H26F3N3O3S/c1-14-17(27-11-10-19(14)31-13-23(24,25)26)12-33-21-28-16-8-6-7-9-18(16)29(21)15(2)32-20(30)22(3,4)5/h6-11,15H,12-13H2,1-5H3. The number of carbonyl (C=O) groups excluding carboxylic acids is 1. The maximum Gasteiger partial charge on any atom is 0.422 e. The lowest BCUT2D eigenvalue weighted by Gasteiger charge is -2.23. The summed E-state index contributed by atoms with van der Waals surface area (Å²) in [5, 5.41) is 0.605. The fraction of sp³-hybridized carbons (Fsp3) is 0.435. The molecular formula is C23H26F3N3O3S. The number of nitrogens with zero attached hydrogens (tertiary/aromatic N) is 3. The number of benzene rings is 1. The molecule has 1 atom stereocenters. The quantitative estimate of drug-likeness (QED) is 0.301. The molecule has 0 amide bonds. The van der Waals surface area contributed by atoms with Gasteiger partial charge in [-0.2, -0.15) is 13.2 Å². The Morgan fingerprint density at radius 2 is 1.88 bits per heavy atom. The number of ether oxygens (including phenoxy) is 2. The van der Waals surface area contributed by atoms with E-state index in [0.29, 0.717) is 22.2 Å². The van der Waals surface area contributed by atoms with Gasteiger partial charge in [-0.3, -0.25) is 14.3 Å². The average molecular weight is 482 g/mol. The highest BCUT2D eigenvalue weighted by Crippen LogP contribution is 2.33. The van der Waals surface area contributed by atoms with E-state index < -0.39 is 24.4 Å². The van der Waals surface area contributed by atoms with Crippen molar-refractivity contribution in [1.82, 2.24) is 14.5 Å². The number of halogens is 3. The summed E-state index contributed by atoms with van der Waals surface area (Å²) in [5.74, 6) is 0.146. The van der Waals surface area contributed by atoms with Crippen molar-refractivity contribution in [3.63, 3.8) is 0 Å². The molecule has 2 heterocycles. The second kappa shape index (κ2) is 9.62. The first-order chi connectivity index (χ1) is 15.4. The Hall–Kier alpha value is -2.75. The van der Waals surface area contributed by atoms with Crippen LogP contribution in [0.25, 0.3) is 11.0 Å². The van der Waals surface area contributed by atoms with Gasteiger partial charge in [-0.25, -0.2) is 4.98 Å². The molecular weight excluding hydrogens is 455 g/mol. The lowest BCUT2D eigenvalue weighted by Crippen LogP contribution is -2.26. The minimum atomic E-state index is -4.42. The van der Waals surface area contributed by atoms with Gasteiger partial charge in [-0.15, -0.1) is 0 Å². The summed E-state index contributed by atoms with van der Waals surface area (Å²) in [6.07, 6.45) is -3.61. The lowest BCUT2D eigenvalue weighted by atomic mass is 9.97. The number of para-hydroxylation sites is 2. The number of fused-ring (bicyclic) bond motifs is 1. The third-order valence-electron chi connectivity index (χ3n) is 4.81. The number of pyridine rings is 1. The zero-order chi connectivity index (χ0) is 24.4. The molecule has 0 bridgehead atoms. The number of thioether (sulfide) groups is 1. The first-order valence-electron chi connectivity index (χ1n) is 10.3. The van der Waals surface area contributed by atoms with Crippen LogP contribution in [0.2, 0.25) is 0 Å². The monoisotopic (exact) mass is 481 g/mol. The Balaban J connectivity index is 1.85. The Morgan fingerprint density at radius 3 is 2.55 bits per heavy atom. The number of esters is 1. The van der Waals surface area contributed by atoms with E-state index in [-0.39, 0.29) is 11.7 Å². The van der Waals surface area contributed by atoms with Gasteiger partial charge in [0.15, 0.2) is 18.0 Å². The van der Waals surface area contributed by atoms with Crippen LogP contribution in [-0.2, 0) is 15.3 Å². The summed E-state index contributed by atoms with van der Waals surface area (Å²) in [5.41, 5.74) is 2.00. The minimum absolute atomic E-state index is 0.138. The first kappa shape index (κ1) is 24.9. The minimum Gasteiger partial charge on any atom is -0.484 e. The molecule has 178 valence electrons. The highest BCUT2D eigenvalue weighted by atomic mass is 32.2. The number of aromatic nitrogens is 3. The molecule has 6 nitrogen and oxygen atoms in total. The number of rotatable bonds is 7. The van der Waals surface area contributed by atoms with Gasteiger partial charge < -0.3 is 9.47 Å².